The number of rotatable bonds is 2. The first-order valence-corrected chi connectivity index (χ1v) is 5.87. The van der Waals surface area contributed by atoms with Crippen LogP contribution < -0.4 is 5.32 Å². The van der Waals surface area contributed by atoms with Gasteiger partial charge in [0.05, 0.1) is 29.9 Å². The van der Waals surface area contributed by atoms with Gasteiger partial charge in [-0.3, -0.25) is 0 Å². The van der Waals surface area contributed by atoms with Gasteiger partial charge >= 0.3 is 0 Å². The van der Waals surface area contributed by atoms with Gasteiger partial charge in [-0.1, -0.05) is 0 Å². The number of hydrogen-bond acceptors (Lipinski definition) is 3. The molecule has 0 aliphatic carbocycles. The van der Waals surface area contributed by atoms with Crippen LogP contribution in [0, 0.1) is 17.1 Å². The molecule has 88 valence electrons. The van der Waals surface area contributed by atoms with Crippen molar-refractivity contribution in [1.82, 2.24) is 0 Å². The summed E-state index contributed by atoms with van der Waals surface area (Å²) in [6, 6.07) is 6.55. The van der Waals surface area contributed by atoms with Crippen molar-refractivity contribution in [3.8, 4) is 6.07 Å². The molecule has 1 aromatic carbocycles. The van der Waals surface area contributed by atoms with Crippen molar-refractivity contribution in [3.63, 3.8) is 0 Å². The van der Waals surface area contributed by atoms with Gasteiger partial charge < -0.3 is 10.1 Å². The summed E-state index contributed by atoms with van der Waals surface area (Å²) in [5.41, 5.74) is 1.01. The molecule has 2 aliphatic rings. The number of fused-ring (bicyclic) bond motifs is 2. The van der Waals surface area contributed by atoms with Gasteiger partial charge in [0, 0.05) is 5.69 Å². The second-order valence-electron chi connectivity index (χ2n) is 4.70. The molecule has 0 aromatic heterocycles. The maximum Gasteiger partial charge on any atom is 0.126 e. The molecule has 2 bridgehead atoms. The molecule has 0 amide bonds. The molecule has 2 saturated heterocycles. The number of nitriles is 1. The zero-order chi connectivity index (χ0) is 11.8. The third-order valence-corrected chi connectivity index (χ3v) is 3.48. The lowest BCUT2D eigenvalue weighted by molar-refractivity contribution is 0.102. The summed E-state index contributed by atoms with van der Waals surface area (Å²) >= 11 is 0. The zero-order valence-corrected chi connectivity index (χ0v) is 9.32. The molecule has 4 heteroatoms. The molecule has 3 unspecified atom stereocenters. The van der Waals surface area contributed by atoms with E-state index in [2.05, 4.69) is 5.32 Å². The lowest BCUT2D eigenvalue weighted by Crippen LogP contribution is -2.30. The Kier molecular flexibility index (Phi) is 2.49. The predicted molar refractivity (Wildman–Crippen MR) is 61.0 cm³/mol. The SMILES string of the molecule is N#Cc1cc(F)cc(NC2CC3CCC2O3)c1. The van der Waals surface area contributed by atoms with Gasteiger partial charge in [-0.2, -0.15) is 5.26 Å². The molecule has 0 saturated carbocycles. The largest absolute Gasteiger partial charge is 0.379 e. The quantitative estimate of drug-likeness (QED) is 0.851. The Labute approximate surface area is 99.2 Å². The normalized spacial score (nSPS) is 30.2. The highest BCUT2D eigenvalue weighted by Gasteiger charge is 2.40. The zero-order valence-electron chi connectivity index (χ0n) is 9.32. The summed E-state index contributed by atoms with van der Waals surface area (Å²) in [4.78, 5) is 0. The van der Waals surface area contributed by atoms with Crippen molar-refractivity contribution >= 4 is 5.69 Å². The van der Waals surface area contributed by atoms with Crippen molar-refractivity contribution in [2.24, 2.45) is 0 Å². The number of halogens is 1. The topological polar surface area (TPSA) is 45.0 Å². The Hall–Kier alpha value is -1.60. The summed E-state index contributed by atoms with van der Waals surface area (Å²) in [5.74, 6) is -0.379. The molecule has 2 fully saturated rings. The lowest BCUT2D eigenvalue weighted by Gasteiger charge is -2.21. The van der Waals surface area contributed by atoms with Crippen molar-refractivity contribution in [3.05, 3.63) is 29.6 Å². The molecule has 2 aliphatic heterocycles. The molecule has 1 N–H and O–H groups in total. The van der Waals surface area contributed by atoms with Crippen LogP contribution in [0.1, 0.15) is 24.8 Å². The van der Waals surface area contributed by atoms with Crippen molar-refractivity contribution in [2.75, 3.05) is 5.32 Å². The Bertz CT molecular complexity index is 483. The maximum atomic E-state index is 13.3. The summed E-state index contributed by atoms with van der Waals surface area (Å²) in [6.07, 6.45) is 3.79. The van der Waals surface area contributed by atoms with Gasteiger partial charge in [-0.15, -0.1) is 0 Å². The van der Waals surface area contributed by atoms with E-state index in [1.165, 1.54) is 12.1 Å². The molecule has 2 heterocycles. The first-order chi connectivity index (χ1) is 8.24. The second kappa shape index (κ2) is 4.01. The maximum absolute atomic E-state index is 13.3. The van der Waals surface area contributed by atoms with Crippen LogP contribution in [0.3, 0.4) is 0 Å². The fourth-order valence-electron chi connectivity index (χ4n) is 2.74. The molecule has 17 heavy (non-hydrogen) atoms. The van der Waals surface area contributed by atoms with E-state index in [0.717, 1.165) is 19.3 Å². The molecular weight excluding hydrogens is 219 g/mol. The van der Waals surface area contributed by atoms with Crippen LogP contribution in [0.2, 0.25) is 0 Å². The van der Waals surface area contributed by atoms with Gasteiger partial charge in [0.2, 0.25) is 0 Å². The van der Waals surface area contributed by atoms with E-state index in [1.54, 1.807) is 6.07 Å². The Morgan fingerprint density at radius 3 is 2.88 bits per heavy atom. The first-order valence-electron chi connectivity index (χ1n) is 5.87. The fraction of sp³-hybridized carbons (Fsp3) is 0.462. The predicted octanol–water partition coefficient (Wildman–Crippen LogP) is 2.43. The van der Waals surface area contributed by atoms with Gasteiger partial charge in [0.15, 0.2) is 0 Å². The number of anilines is 1. The number of nitrogens with one attached hydrogen (secondary N) is 1. The van der Waals surface area contributed by atoms with E-state index < -0.39 is 0 Å². The highest BCUT2D eigenvalue weighted by atomic mass is 19.1. The van der Waals surface area contributed by atoms with Crippen LogP contribution in [0.4, 0.5) is 10.1 Å². The smallest absolute Gasteiger partial charge is 0.126 e. The first kappa shape index (κ1) is 10.5. The summed E-state index contributed by atoms with van der Waals surface area (Å²) in [5, 5.41) is 12.1. The van der Waals surface area contributed by atoms with E-state index in [1.807, 2.05) is 6.07 Å². The molecule has 0 radical (unpaired) electrons. The average molecular weight is 232 g/mol. The van der Waals surface area contributed by atoms with Crippen LogP contribution in [-0.4, -0.2) is 18.2 Å². The Morgan fingerprint density at radius 2 is 2.24 bits per heavy atom. The third-order valence-electron chi connectivity index (χ3n) is 3.48. The summed E-state index contributed by atoms with van der Waals surface area (Å²) in [7, 11) is 0. The van der Waals surface area contributed by atoms with Crippen LogP contribution >= 0.6 is 0 Å². The summed E-state index contributed by atoms with van der Waals surface area (Å²) in [6.45, 7) is 0. The van der Waals surface area contributed by atoms with Crippen molar-refractivity contribution < 1.29 is 9.13 Å². The minimum Gasteiger partial charge on any atom is -0.379 e. The van der Waals surface area contributed by atoms with Gasteiger partial charge in [-0.25, -0.2) is 4.39 Å². The number of hydrogen-bond donors (Lipinski definition) is 1. The fourth-order valence-corrected chi connectivity index (χ4v) is 2.74. The molecule has 3 atom stereocenters. The lowest BCUT2D eigenvalue weighted by atomic mass is 9.95. The molecule has 1 aromatic rings. The van der Waals surface area contributed by atoms with Gasteiger partial charge in [-0.05, 0) is 37.5 Å². The van der Waals surface area contributed by atoms with Crippen molar-refractivity contribution in [1.29, 1.82) is 5.26 Å². The monoisotopic (exact) mass is 232 g/mol. The van der Waals surface area contributed by atoms with Crippen LogP contribution in [-0.2, 0) is 4.74 Å². The highest BCUT2D eigenvalue weighted by Crippen LogP contribution is 2.36. The van der Waals surface area contributed by atoms with E-state index in [-0.39, 0.29) is 18.0 Å². The molecule has 3 rings (SSSR count). The Balaban J connectivity index is 1.77. The third kappa shape index (κ3) is 1.98. The standard InChI is InChI=1S/C13H13FN2O/c14-9-3-8(7-15)4-10(5-9)16-12-6-11-1-2-13(12)17-11/h3-5,11-13,16H,1-2,6H2. The molecule has 3 nitrogen and oxygen atoms in total. The second-order valence-corrected chi connectivity index (χ2v) is 4.70. The van der Waals surface area contributed by atoms with Gasteiger partial charge in [0.1, 0.15) is 5.82 Å². The average Bonchev–Trinajstić information content (AvgIpc) is 2.90. The highest BCUT2D eigenvalue weighted by molar-refractivity contribution is 5.50. The molecular formula is C13H13FN2O. The number of nitrogens with zero attached hydrogens (tertiary/aromatic N) is 1. The van der Waals surface area contributed by atoms with Gasteiger partial charge in [0.25, 0.3) is 0 Å². The molecule has 0 spiro atoms. The number of benzene rings is 1. The Morgan fingerprint density at radius 1 is 1.35 bits per heavy atom. The minimum atomic E-state index is -0.379. The van der Waals surface area contributed by atoms with E-state index in [4.69, 9.17) is 10.00 Å². The van der Waals surface area contributed by atoms with Crippen LogP contribution in [0.25, 0.3) is 0 Å². The van der Waals surface area contributed by atoms with Crippen LogP contribution in [0.15, 0.2) is 18.2 Å². The van der Waals surface area contributed by atoms with Crippen LogP contribution in [0.5, 0.6) is 0 Å². The number of ether oxygens (including phenoxy) is 1. The minimum absolute atomic E-state index is 0.244. The summed E-state index contributed by atoms with van der Waals surface area (Å²) < 4.78 is 19.0. The van der Waals surface area contributed by atoms with E-state index in [0.29, 0.717) is 17.4 Å². The van der Waals surface area contributed by atoms with Crippen molar-refractivity contribution in [2.45, 2.75) is 37.5 Å². The van der Waals surface area contributed by atoms with E-state index in [9.17, 15) is 4.39 Å². The van der Waals surface area contributed by atoms with E-state index >= 15 is 0 Å².